The lowest BCUT2D eigenvalue weighted by atomic mass is 9.92. The maximum absolute atomic E-state index is 13.7. The Morgan fingerprint density at radius 3 is 2.56 bits per heavy atom. The molecule has 0 spiro atoms. The van der Waals surface area contributed by atoms with Crippen LogP contribution in [0.25, 0.3) is 0 Å². The van der Waals surface area contributed by atoms with E-state index in [-0.39, 0.29) is 16.0 Å². The molecule has 0 radical (unpaired) electrons. The molecule has 16 heavy (non-hydrogen) atoms. The van der Waals surface area contributed by atoms with Crippen molar-refractivity contribution in [2.45, 2.75) is 25.9 Å². The molecule has 1 aromatic carbocycles. The van der Waals surface area contributed by atoms with E-state index in [1.54, 1.807) is 0 Å². The van der Waals surface area contributed by atoms with E-state index in [0.717, 1.165) is 12.8 Å². The monoisotopic (exact) mass is 290 g/mol. The van der Waals surface area contributed by atoms with Crippen LogP contribution in [0, 0.1) is 23.5 Å². The third kappa shape index (κ3) is 2.13. The molecule has 1 aromatic rings. The van der Waals surface area contributed by atoms with Gasteiger partial charge in [-0.15, -0.1) is 0 Å². The van der Waals surface area contributed by atoms with Crippen molar-refractivity contribution in [2.24, 2.45) is 11.8 Å². The van der Waals surface area contributed by atoms with Crippen LogP contribution in [0.15, 0.2) is 16.6 Å². The molecule has 1 fully saturated rings. The predicted octanol–water partition coefficient (Wildman–Crippen LogP) is 3.81. The summed E-state index contributed by atoms with van der Waals surface area (Å²) in [7, 11) is 0. The summed E-state index contributed by atoms with van der Waals surface area (Å²) in [6, 6.07) is 2.48. The highest BCUT2D eigenvalue weighted by molar-refractivity contribution is 9.10. The van der Waals surface area contributed by atoms with E-state index in [1.807, 2.05) is 6.92 Å². The van der Waals surface area contributed by atoms with Crippen LogP contribution in [-0.4, -0.2) is 5.11 Å². The Balaban J connectivity index is 2.34. The summed E-state index contributed by atoms with van der Waals surface area (Å²) >= 11 is 3.00. The first-order valence-corrected chi connectivity index (χ1v) is 6.13. The molecule has 4 heteroatoms. The average Bonchev–Trinajstić information content (AvgIpc) is 3.06. The van der Waals surface area contributed by atoms with E-state index < -0.39 is 17.7 Å². The molecule has 2 atom stereocenters. The normalized spacial score (nSPS) is 19.6. The van der Waals surface area contributed by atoms with Crippen molar-refractivity contribution in [2.75, 3.05) is 0 Å². The SMILES string of the molecule is CC(C1CC1)C(O)c1c(F)ccc(Br)c1F. The molecule has 0 aromatic heterocycles. The molecule has 0 bridgehead atoms. The fourth-order valence-electron chi connectivity index (χ4n) is 1.96. The zero-order valence-electron chi connectivity index (χ0n) is 8.88. The Morgan fingerprint density at radius 1 is 1.38 bits per heavy atom. The second kappa shape index (κ2) is 4.41. The van der Waals surface area contributed by atoms with Gasteiger partial charge in [0.05, 0.1) is 16.1 Å². The highest BCUT2D eigenvalue weighted by atomic mass is 79.9. The van der Waals surface area contributed by atoms with Gasteiger partial charge in [-0.2, -0.15) is 0 Å². The Bertz CT molecular complexity index is 404. The van der Waals surface area contributed by atoms with Gasteiger partial charge in [0.2, 0.25) is 0 Å². The van der Waals surface area contributed by atoms with E-state index in [1.165, 1.54) is 12.1 Å². The van der Waals surface area contributed by atoms with Gasteiger partial charge in [0.15, 0.2) is 0 Å². The number of hydrogen-bond acceptors (Lipinski definition) is 1. The first-order chi connectivity index (χ1) is 7.52. The summed E-state index contributed by atoms with van der Waals surface area (Å²) in [4.78, 5) is 0. The van der Waals surface area contributed by atoms with Crippen LogP contribution in [0.1, 0.15) is 31.4 Å². The lowest BCUT2D eigenvalue weighted by Crippen LogP contribution is -2.14. The van der Waals surface area contributed by atoms with Crippen molar-refractivity contribution in [1.82, 2.24) is 0 Å². The average molecular weight is 291 g/mol. The summed E-state index contributed by atoms with van der Waals surface area (Å²) in [6.07, 6.45) is 1.01. The van der Waals surface area contributed by atoms with Gasteiger partial charge in [-0.1, -0.05) is 6.92 Å². The number of aliphatic hydroxyl groups excluding tert-OH is 1. The van der Waals surface area contributed by atoms with Crippen molar-refractivity contribution in [1.29, 1.82) is 0 Å². The number of halogens is 3. The number of hydrogen-bond donors (Lipinski definition) is 1. The fourth-order valence-corrected chi connectivity index (χ4v) is 2.30. The van der Waals surface area contributed by atoms with Gasteiger partial charge in [0, 0.05) is 0 Å². The second-order valence-electron chi connectivity index (χ2n) is 4.40. The van der Waals surface area contributed by atoms with Crippen molar-refractivity contribution in [3.8, 4) is 0 Å². The zero-order valence-corrected chi connectivity index (χ0v) is 10.5. The van der Waals surface area contributed by atoms with E-state index in [4.69, 9.17) is 0 Å². The summed E-state index contributed by atoms with van der Waals surface area (Å²) in [5, 5.41) is 9.98. The van der Waals surface area contributed by atoms with Crippen LogP contribution in [0.4, 0.5) is 8.78 Å². The lowest BCUT2D eigenvalue weighted by molar-refractivity contribution is 0.0979. The maximum atomic E-state index is 13.7. The minimum Gasteiger partial charge on any atom is -0.388 e. The molecular formula is C12H13BrF2O. The Morgan fingerprint density at radius 2 is 2.00 bits per heavy atom. The van der Waals surface area contributed by atoms with Crippen LogP contribution in [-0.2, 0) is 0 Å². The van der Waals surface area contributed by atoms with Gasteiger partial charge in [-0.3, -0.25) is 0 Å². The second-order valence-corrected chi connectivity index (χ2v) is 5.25. The maximum Gasteiger partial charge on any atom is 0.146 e. The largest absolute Gasteiger partial charge is 0.388 e. The minimum absolute atomic E-state index is 0.0988. The van der Waals surface area contributed by atoms with Gasteiger partial charge in [0.1, 0.15) is 11.6 Å². The smallest absolute Gasteiger partial charge is 0.146 e. The highest BCUT2D eigenvalue weighted by Gasteiger charge is 2.35. The summed E-state index contributed by atoms with van der Waals surface area (Å²) in [6.45, 7) is 1.84. The molecule has 1 saturated carbocycles. The fraction of sp³-hybridized carbons (Fsp3) is 0.500. The first kappa shape index (κ1) is 12.0. The molecule has 0 saturated heterocycles. The van der Waals surface area contributed by atoms with Crippen LogP contribution in [0.2, 0.25) is 0 Å². The standard InChI is InChI=1S/C12H13BrF2O/c1-6(7-2-3-7)12(16)10-9(14)5-4-8(13)11(10)15/h4-7,12,16H,2-3H2,1H3. The lowest BCUT2D eigenvalue weighted by Gasteiger charge is -2.20. The van der Waals surface area contributed by atoms with Crippen molar-refractivity contribution >= 4 is 15.9 Å². The molecule has 0 amide bonds. The van der Waals surface area contributed by atoms with Gasteiger partial charge >= 0.3 is 0 Å². The van der Waals surface area contributed by atoms with Crippen LogP contribution in [0.3, 0.4) is 0 Å². The van der Waals surface area contributed by atoms with Crippen molar-refractivity contribution in [3.05, 3.63) is 33.8 Å². The number of benzene rings is 1. The Hall–Kier alpha value is -0.480. The van der Waals surface area contributed by atoms with Gasteiger partial charge in [-0.25, -0.2) is 8.78 Å². The molecule has 1 N–H and O–H groups in total. The molecule has 88 valence electrons. The minimum atomic E-state index is -1.06. The zero-order chi connectivity index (χ0) is 11.9. The molecule has 1 aliphatic rings. The quantitative estimate of drug-likeness (QED) is 0.840. The van der Waals surface area contributed by atoms with E-state index in [9.17, 15) is 13.9 Å². The van der Waals surface area contributed by atoms with Crippen molar-refractivity contribution in [3.63, 3.8) is 0 Å². The third-order valence-electron chi connectivity index (χ3n) is 3.24. The van der Waals surface area contributed by atoms with E-state index >= 15 is 0 Å². The van der Waals surface area contributed by atoms with Crippen LogP contribution >= 0.6 is 15.9 Å². The summed E-state index contributed by atoms with van der Waals surface area (Å²) in [5.74, 6) is -1.08. The molecule has 1 nitrogen and oxygen atoms in total. The number of aliphatic hydroxyl groups is 1. The predicted molar refractivity (Wildman–Crippen MR) is 60.9 cm³/mol. The highest BCUT2D eigenvalue weighted by Crippen LogP contribution is 2.43. The topological polar surface area (TPSA) is 20.2 Å². The van der Waals surface area contributed by atoms with Gasteiger partial charge in [-0.05, 0) is 52.7 Å². The Labute approximate surface area is 102 Å². The van der Waals surface area contributed by atoms with E-state index in [0.29, 0.717) is 5.92 Å². The van der Waals surface area contributed by atoms with E-state index in [2.05, 4.69) is 15.9 Å². The van der Waals surface area contributed by atoms with Crippen molar-refractivity contribution < 1.29 is 13.9 Å². The molecular weight excluding hydrogens is 278 g/mol. The summed E-state index contributed by atoms with van der Waals surface area (Å²) < 4.78 is 27.4. The molecule has 1 aliphatic carbocycles. The Kier molecular flexibility index (Phi) is 3.31. The van der Waals surface area contributed by atoms with Gasteiger partial charge < -0.3 is 5.11 Å². The molecule has 0 aliphatic heterocycles. The first-order valence-electron chi connectivity index (χ1n) is 5.34. The van der Waals surface area contributed by atoms with Gasteiger partial charge in [0.25, 0.3) is 0 Å². The number of rotatable bonds is 3. The third-order valence-corrected chi connectivity index (χ3v) is 3.85. The van der Waals surface area contributed by atoms with Crippen LogP contribution in [0.5, 0.6) is 0 Å². The van der Waals surface area contributed by atoms with Crippen LogP contribution < -0.4 is 0 Å². The molecule has 2 unspecified atom stereocenters. The molecule has 0 heterocycles. The summed E-state index contributed by atoms with van der Waals surface area (Å²) in [5.41, 5.74) is -0.214. The molecule has 2 rings (SSSR count).